The predicted octanol–water partition coefficient (Wildman–Crippen LogP) is 2.39. The minimum atomic E-state index is -0.264. The van der Waals surface area contributed by atoms with Gasteiger partial charge in [0.25, 0.3) is 0 Å². The molecule has 0 atom stereocenters. The molecule has 0 aliphatic rings. The molecule has 0 aromatic heterocycles. The second kappa shape index (κ2) is 14.0. The highest BCUT2D eigenvalue weighted by molar-refractivity contribution is 5.70. The van der Waals surface area contributed by atoms with Crippen molar-refractivity contribution < 1.29 is 14.3 Å². The van der Waals surface area contributed by atoms with Gasteiger partial charge in [-0.3, -0.25) is 0 Å². The highest BCUT2D eigenvalue weighted by atomic mass is 16.6. The van der Waals surface area contributed by atoms with Crippen molar-refractivity contribution in [2.75, 3.05) is 19.8 Å². The van der Waals surface area contributed by atoms with E-state index in [4.69, 9.17) is 9.47 Å². The van der Waals surface area contributed by atoms with Gasteiger partial charge >= 0.3 is 5.97 Å². The number of hydrogen-bond donors (Lipinski definition) is 0. The van der Waals surface area contributed by atoms with Gasteiger partial charge in [0.1, 0.15) is 6.61 Å². The minimum Gasteiger partial charge on any atom is -0.464 e. The van der Waals surface area contributed by atoms with E-state index in [2.05, 4.69) is 6.92 Å². The monoisotopic (exact) mass is 190 g/mol. The Morgan fingerprint density at radius 3 is 2.31 bits per heavy atom. The Morgan fingerprint density at radius 1 is 1.23 bits per heavy atom. The molecule has 0 rings (SSSR count). The second-order valence-electron chi connectivity index (χ2n) is 2.21. The zero-order chi connectivity index (χ0) is 10.5. The summed E-state index contributed by atoms with van der Waals surface area (Å²) in [6.07, 6.45) is 1.97. The zero-order valence-corrected chi connectivity index (χ0v) is 9.26. The highest BCUT2D eigenvalue weighted by Crippen LogP contribution is 1.88. The van der Waals surface area contributed by atoms with Crippen LogP contribution in [0.25, 0.3) is 0 Å². The Kier molecular flexibility index (Phi) is 16.1. The van der Waals surface area contributed by atoms with E-state index >= 15 is 0 Å². The molecular weight excluding hydrogens is 168 g/mol. The van der Waals surface area contributed by atoms with Gasteiger partial charge in [-0.15, -0.1) is 0 Å². The van der Waals surface area contributed by atoms with Crippen LogP contribution in [0, 0.1) is 0 Å². The average Bonchev–Trinajstić information content (AvgIpc) is 2.18. The Bertz CT molecular complexity index is 102. The lowest BCUT2D eigenvalue weighted by molar-refractivity contribution is -0.148. The van der Waals surface area contributed by atoms with Gasteiger partial charge in [-0.2, -0.15) is 0 Å². The van der Waals surface area contributed by atoms with E-state index in [1.807, 2.05) is 20.8 Å². The fourth-order valence-corrected chi connectivity index (χ4v) is 0.557. The van der Waals surface area contributed by atoms with E-state index in [1.165, 1.54) is 0 Å². The zero-order valence-electron chi connectivity index (χ0n) is 9.26. The molecule has 0 heterocycles. The topological polar surface area (TPSA) is 35.5 Å². The van der Waals surface area contributed by atoms with Gasteiger partial charge < -0.3 is 9.47 Å². The van der Waals surface area contributed by atoms with Gasteiger partial charge in [-0.1, -0.05) is 27.2 Å². The summed E-state index contributed by atoms with van der Waals surface area (Å²) < 4.78 is 9.67. The van der Waals surface area contributed by atoms with E-state index < -0.39 is 0 Å². The largest absolute Gasteiger partial charge is 0.464 e. The summed E-state index contributed by atoms with van der Waals surface area (Å²) in [5.41, 5.74) is 0. The van der Waals surface area contributed by atoms with Crippen LogP contribution in [-0.4, -0.2) is 25.8 Å². The summed E-state index contributed by atoms with van der Waals surface area (Å²) >= 11 is 0. The third kappa shape index (κ3) is 14.3. The molecule has 0 saturated heterocycles. The number of ether oxygens (including phenoxy) is 2. The molecule has 0 radical (unpaired) electrons. The molecule has 0 bridgehead atoms. The van der Waals surface area contributed by atoms with Crippen molar-refractivity contribution in [3.8, 4) is 0 Å². The van der Waals surface area contributed by atoms with Crippen molar-refractivity contribution in [2.24, 2.45) is 0 Å². The second-order valence-corrected chi connectivity index (χ2v) is 2.21. The number of carbonyl (C=O) groups is 1. The van der Waals surface area contributed by atoms with Gasteiger partial charge in [0, 0.05) is 6.61 Å². The van der Waals surface area contributed by atoms with Crippen LogP contribution in [0.3, 0.4) is 0 Å². The average molecular weight is 190 g/mol. The molecule has 0 aliphatic carbocycles. The van der Waals surface area contributed by atoms with E-state index in [0.717, 1.165) is 12.8 Å². The van der Waals surface area contributed by atoms with Crippen LogP contribution < -0.4 is 0 Å². The Balaban J connectivity index is 0. The molecule has 0 N–H and O–H groups in total. The molecule has 0 aliphatic heterocycles. The van der Waals surface area contributed by atoms with Gasteiger partial charge in [0.2, 0.25) is 0 Å². The van der Waals surface area contributed by atoms with E-state index in [9.17, 15) is 4.79 Å². The number of carbonyl (C=O) groups excluding carboxylic acids is 1. The van der Waals surface area contributed by atoms with Crippen molar-refractivity contribution in [2.45, 2.75) is 40.5 Å². The van der Waals surface area contributed by atoms with E-state index in [1.54, 1.807) is 0 Å². The first-order valence-electron chi connectivity index (χ1n) is 5.04. The van der Waals surface area contributed by atoms with E-state index in [-0.39, 0.29) is 12.6 Å². The standard InChI is InChI=1S/C8H16O3.C2H6/c1-3-5-6-11-8(9)7-10-4-2;1-2/h3-7H2,1-2H3;1-2H3. The number of hydrogen-bond acceptors (Lipinski definition) is 3. The maximum absolute atomic E-state index is 10.7. The molecule has 0 amide bonds. The minimum absolute atomic E-state index is 0.0835. The number of unbranched alkanes of at least 4 members (excludes halogenated alkanes) is 1. The van der Waals surface area contributed by atoms with Crippen LogP contribution in [0.5, 0.6) is 0 Å². The third-order valence-electron chi connectivity index (χ3n) is 1.18. The summed E-state index contributed by atoms with van der Waals surface area (Å²) in [4.78, 5) is 10.7. The van der Waals surface area contributed by atoms with Crippen molar-refractivity contribution >= 4 is 5.97 Å². The molecule has 0 aromatic rings. The molecule has 0 unspecified atom stereocenters. The predicted molar refractivity (Wildman–Crippen MR) is 53.7 cm³/mol. The van der Waals surface area contributed by atoms with Gasteiger partial charge in [-0.25, -0.2) is 4.79 Å². The van der Waals surface area contributed by atoms with Gasteiger partial charge in [0.05, 0.1) is 6.61 Å². The lowest BCUT2D eigenvalue weighted by Gasteiger charge is -2.02. The Hall–Kier alpha value is -0.570. The maximum Gasteiger partial charge on any atom is 0.332 e. The molecule has 80 valence electrons. The van der Waals surface area contributed by atoms with Crippen LogP contribution in [0.2, 0.25) is 0 Å². The highest BCUT2D eigenvalue weighted by Gasteiger charge is 1.99. The molecule has 3 nitrogen and oxygen atoms in total. The summed E-state index contributed by atoms with van der Waals surface area (Å²) in [6, 6.07) is 0. The van der Waals surface area contributed by atoms with Crippen LogP contribution in [0.1, 0.15) is 40.5 Å². The first-order valence-corrected chi connectivity index (χ1v) is 5.04. The van der Waals surface area contributed by atoms with E-state index in [0.29, 0.717) is 13.2 Å². The first kappa shape index (κ1) is 14.9. The molecular formula is C10H22O3. The maximum atomic E-state index is 10.7. The van der Waals surface area contributed by atoms with Crippen molar-refractivity contribution in [1.82, 2.24) is 0 Å². The summed E-state index contributed by atoms with van der Waals surface area (Å²) in [6.45, 7) is 9.06. The third-order valence-corrected chi connectivity index (χ3v) is 1.18. The molecule has 13 heavy (non-hydrogen) atoms. The summed E-state index contributed by atoms with van der Waals surface area (Å²) in [5, 5.41) is 0. The van der Waals surface area contributed by atoms with Crippen LogP contribution in [-0.2, 0) is 14.3 Å². The number of esters is 1. The fraction of sp³-hybridized carbons (Fsp3) is 0.900. The lowest BCUT2D eigenvalue weighted by Crippen LogP contribution is -2.13. The molecule has 0 saturated carbocycles. The quantitative estimate of drug-likeness (QED) is 0.476. The van der Waals surface area contributed by atoms with Crippen LogP contribution in [0.15, 0.2) is 0 Å². The SMILES string of the molecule is CC.CCCCOC(=O)COCC. The van der Waals surface area contributed by atoms with Crippen molar-refractivity contribution in [3.63, 3.8) is 0 Å². The summed E-state index contributed by atoms with van der Waals surface area (Å²) in [5.74, 6) is -0.264. The molecule has 0 aromatic carbocycles. The fourth-order valence-electron chi connectivity index (χ4n) is 0.557. The molecule has 0 spiro atoms. The van der Waals surface area contributed by atoms with Crippen molar-refractivity contribution in [1.29, 1.82) is 0 Å². The number of rotatable bonds is 6. The normalized spacial score (nSPS) is 8.62. The van der Waals surface area contributed by atoms with Crippen LogP contribution >= 0.6 is 0 Å². The molecule has 0 fully saturated rings. The first-order chi connectivity index (χ1) is 6.31. The van der Waals surface area contributed by atoms with Crippen molar-refractivity contribution in [3.05, 3.63) is 0 Å². The smallest absolute Gasteiger partial charge is 0.332 e. The summed E-state index contributed by atoms with van der Waals surface area (Å²) in [7, 11) is 0. The van der Waals surface area contributed by atoms with Gasteiger partial charge in [-0.05, 0) is 13.3 Å². The lowest BCUT2D eigenvalue weighted by atomic mass is 10.4. The molecule has 3 heteroatoms. The van der Waals surface area contributed by atoms with Gasteiger partial charge in [0.15, 0.2) is 0 Å². The van der Waals surface area contributed by atoms with Crippen LogP contribution in [0.4, 0.5) is 0 Å². The Labute approximate surface area is 81.4 Å². The Morgan fingerprint density at radius 2 is 1.85 bits per heavy atom.